The van der Waals surface area contributed by atoms with E-state index in [4.69, 9.17) is 4.74 Å². The lowest BCUT2D eigenvalue weighted by Crippen LogP contribution is -2.10. The molecule has 0 saturated heterocycles. The van der Waals surface area contributed by atoms with Crippen molar-refractivity contribution in [3.63, 3.8) is 0 Å². The summed E-state index contributed by atoms with van der Waals surface area (Å²) in [5, 5.41) is 4.58. The zero-order valence-corrected chi connectivity index (χ0v) is 13.0. The van der Waals surface area contributed by atoms with E-state index in [9.17, 15) is 0 Å². The zero-order valence-electron chi connectivity index (χ0n) is 13.0. The molecule has 0 fully saturated rings. The molecule has 1 aromatic heterocycles. The van der Waals surface area contributed by atoms with E-state index in [1.807, 2.05) is 54.1 Å². The minimum absolute atomic E-state index is 0.125. The van der Waals surface area contributed by atoms with E-state index in [1.54, 1.807) is 7.11 Å². The molecule has 0 saturated carbocycles. The van der Waals surface area contributed by atoms with Crippen molar-refractivity contribution in [3.05, 3.63) is 66.0 Å². The molecule has 0 spiro atoms. The van der Waals surface area contributed by atoms with Gasteiger partial charge in [-0.1, -0.05) is 30.3 Å². The second-order valence-corrected chi connectivity index (χ2v) is 5.24. The van der Waals surface area contributed by atoms with Crippen LogP contribution < -0.4 is 4.74 Å². The number of methoxy groups -OCH3 is 1. The van der Waals surface area contributed by atoms with Crippen molar-refractivity contribution in [1.29, 1.82) is 0 Å². The highest BCUT2D eigenvalue weighted by Gasteiger charge is 2.16. The molecule has 0 N–H and O–H groups in total. The van der Waals surface area contributed by atoms with Crippen LogP contribution in [0.4, 0.5) is 0 Å². The third-order valence-electron chi connectivity index (χ3n) is 3.73. The number of hydrogen-bond donors (Lipinski definition) is 0. The predicted molar refractivity (Wildman–Crippen MR) is 87.0 cm³/mol. The maximum absolute atomic E-state index is 5.21. The third-order valence-corrected chi connectivity index (χ3v) is 3.73. The van der Waals surface area contributed by atoms with Gasteiger partial charge in [-0.15, -0.1) is 0 Å². The number of aromatic nitrogens is 3. The minimum Gasteiger partial charge on any atom is -0.497 e. The maximum Gasteiger partial charge on any atom is 0.158 e. The first kappa shape index (κ1) is 14.3. The summed E-state index contributed by atoms with van der Waals surface area (Å²) in [5.74, 6) is 2.48. The molecule has 1 unspecified atom stereocenters. The smallest absolute Gasteiger partial charge is 0.158 e. The molecule has 2 aromatic carbocycles. The van der Waals surface area contributed by atoms with Crippen LogP contribution in [0.2, 0.25) is 0 Å². The molecule has 0 bridgehead atoms. The van der Waals surface area contributed by atoms with E-state index in [2.05, 4.69) is 29.1 Å². The molecule has 4 heteroatoms. The highest BCUT2D eigenvalue weighted by atomic mass is 16.5. The number of hydrogen-bond acceptors (Lipinski definition) is 3. The van der Waals surface area contributed by atoms with Gasteiger partial charge in [0.05, 0.1) is 13.2 Å². The van der Waals surface area contributed by atoms with Gasteiger partial charge in [0, 0.05) is 5.56 Å². The average molecular weight is 293 g/mol. The van der Waals surface area contributed by atoms with Crippen molar-refractivity contribution in [2.24, 2.45) is 0 Å². The lowest BCUT2D eigenvalue weighted by atomic mass is 10.1. The zero-order chi connectivity index (χ0) is 15.5. The molecular weight excluding hydrogens is 274 g/mol. The summed E-state index contributed by atoms with van der Waals surface area (Å²) in [6.07, 6.45) is 0. The molecule has 22 heavy (non-hydrogen) atoms. The van der Waals surface area contributed by atoms with Crippen molar-refractivity contribution < 1.29 is 4.74 Å². The number of ether oxygens (including phenoxy) is 1. The molecular formula is C18H19N3O. The molecule has 0 aliphatic heterocycles. The Kier molecular flexibility index (Phi) is 3.92. The number of nitrogens with zero attached hydrogens (tertiary/aromatic N) is 3. The standard InChI is InChI=1S/C18H19N3O/c1-13(15-7-5-4-6-8-15)21-18(19-14(2)20-21)16-9-11-17(22-3)12-10-16/h4-13H,1-3H3. The van der Waals surface area contributed by atoms with Gasteiger partial charge in [0.2, 0.25) is 0 Å². The Hall–Kier alpha value is -2.62. The summed E-state index contributed by atoms with van der Waals surface area (Å²) in [6, 6.07) is 18.4. The second kappa shape index (κ2) is 6.02. The molecule has 3 aromatic rings. The Labute approximate surface area is 130 Å². The molecule has 0 aliphatic rings. The molecule has 0 amide bonds. The lowest BCUT2D eigenvalue weighted by Gasteiger charge is -2.15. The van der Waals surface area contributed by atoms with Gasteiger partial charge in [-0.05, 0) is 43.7 Å². The van der Waals surface area contributed by atoms with E-state index < -0.39 is 0 Å². The van der Waals surface area contributed by atoms with E-state index >= 15 is 0 Å². The summed E-state index contributed by atoms with van der Waals surface area (Å²) in [5.41, 5.74) is 2.24. The van der Waals surface area contributed by atoms with Crippen molar-refractivity contribution in [2.45, 2.75) is 19.9 Å². The van der Waals surface area contributed by atoms with Crippen LogP contribution in [-0.4, -0.2) is 21.9 Å². The van der Waals surface area contributed by atoms with E-state index in [-0.39, 0.29) is 6.04 Å². The SMILES string of the molecule is COc1ccc(-c2nc(C)nn2C(C)c2ccccc2)cc1. The van der Waals surface area contributed by atoms with Crippen LogP contribution >= 0.6 is 0 Å². The number of rotatable bonds is 4. The molecule has 3 rings (SSSR count). The van der Waals surface area contributed by atoms with Crippen molar-refractivity contribution >= 4 is 0 Å². The largest absolute Gasteiger partial charge is 0.497 e. The van der Waals surface area contributed by atoms with Gasteiger partial charge in [-0.2, -0.15) is 5.10 Å². The fraction of sp³-hybridized carbons (Fsp3) is 0.222. The minimum atomic E-state index is 0.125. The predicted octanol–water partition coefficient (Wildman–Crippen LogP) is 3.87. The molecule has 4 nitrogen and oxygen atoms in total. The molecule has 0 aliphatic carbocycles. The van der Waals surface area contributed by atoms with E-state index in [0.717, 1.165) is 23.0 Å². The average Bonchev–Trinajstić information content (AvgIpc) is 2.97. The van der Waals surface area contributed by atoms with Crippen LogP contribution in [0.5, 0.6) is 5.75 Å². The Bertz CT molecular complexity index is 748. The second-order valence-electron chi connectivity index (χ2n) is 5.24. The normalized spacial score (nSPS) is 12.1. The molecule has 1 atom stereocenters. The Morgan fingerprint density at radius 1 is 1.00 bits per heavy atom. The van der Waals surface area contributed by atoms with Crippen LogP contribution in [-0.2, 0) is 0 Å². The summed E-state index contributed by atoms with van der Waals surface area (Å²) in [7, 11) is 1.67. The topological polar surface area (TPSA) is 39.9 Å². The highest BCUT2D eigenvalue weighted by Crippen LogP contribution is 2.26. The van der Waals surface area contributed by atoms with Gasteiger partial charge in [0.25, 0.3) is 0 Å². The lowest BCUT2D eigenvalue weighted by molar-refractivity contribution is 0.415. The summed E-state index contributed by atoms with van der Waals surface area (Å²) in [6.45, 7) is 4.05. The van der Waals surface area contributed by atoms with E-state index in [0.29, 0.717) is 0 Å². The molecule has 112 valence electrons. The Morgan fingerprint density at radius 2 is 1.68 bits per heavy atom. The Balaban J connectivity index is 2.02. The first-order valence-corrected chi connectivity index (χ1v) is 7.31. The number of aryl methyl sites for hydroxylation is 1. The summed E-state index contributed by atoms with van der Waals surface area (Å²) in [4.78, 5) is 4.59. The van der Waals surface area contributed by atoms with Crippen molar-refractivity contribution in [2.75, 3.05) is 7.11 Å². The van der Waals surface area contributed by atoms with Crippen LogP contribution in [0, 0.1) is 6.92 Å². The van der Waals surface area contributed by atoms with Gasteiger partial charge in [0.1, 0.15) is 11.6 Å². The van der Waals surface area contributed by atoms with Gasteiger partial charge < -0.3 is 4.74 Å². The third kappa shape index (κ3) is 2.72. The molecule has 1 heterocycles. The van der Waals surface area contributed by atoms with Crippen LogP contribution in [0.15, 0.2) is 54.6 Å². The van der Waals surface area contributed by atoms with Gasteiger partial charge in [-0.25, -0.2) is 9.67 Å². The fourth-order valence-corrected chi connectivity index (χ4v) is 2.51. The van der Waals surface area contributed by atoms with Gasteiger partial charge in [-0.3, -0.25) is 0 Å². The van der Waals surface area contributed by atoms with Crippen LogP contribution in [0.3, 0.4) is 0 Å². The first-order valence-electron chi connectivity index (χ1n) is 7.31. The fourth-order valence-electron chi connectivity index (χ4n) is 2.51. The number of benzene rings is 2. The van der Waals surface area contributed by atoms with Crippen molar-refractivity contribution in [3.8, 4) is 17.1 Å². The van der Waals surface area contributed by atoms with Gasteiger partial charge >= 0.3 is 0 Å². The summed E-state index contributed by atoms with van der Waals surface area (Å²) >= 11 is 0. The van der Waals surface area contributed by atoms with Crippen LogP contribution in [0.1, 0.15) is 24.4 Å². The van der Waals surface area contributed by atoms with Crippen LogP contribution in [0.25, 0.3) is 11.4 Å². The first-order chi connectivity index (χ1) is 10.7. The Morgan fingerprint density at radius 3 is 2.32 bits per heavy atom. The van der Waals surface area contributed by atoms with Gasteiger partial charge in [0.15, 0.2) is 5.82 Å². The highest BCUT2D eigenvalue weighted by molar-refractivity contribution is 5.57. The van der Waals surface area contributed by atoms with E-state index in [1.165, 1.54) is 5.56 Å². The van der Waals surface area contributed by atoms with Crippen molar-refractivity contribution in [1.82, 2.24) is 14.8 Å². The molecule has 0 radical (unpaired) electrons. The summed E-state index contributed by atoms with van der Waals surface area (Å²) < 4.78 is 7.19. The monoisotopic (exact) mass is 293 g/mol. The maximum atomic E-state index is 5.21. The quantitative estimate of drug-likeness (QED) is 0.733.